The van der Waals surface area contributed by atoms with Gasteiger partial charge in [-0.25, -0.2) is 22.3 Å². The van der Waals surface area contributed by atoms with Gasteiger partial charge in [-0.2, -0.15) is 28.2 Å². The zero-order valence-electron chi connectivity index (χ0n) is 21.9. The Morgan fingerprint density at radius 2 is 1.56 bits per heavy atom. The minimum atomic E-state index is -4.75. The normalized spacial score (nSPS) is 12.1. The van der Waals surface area contributed by atoms with E-state index < -0.39 is 39.3 Å². The highest BCUT2D eigenvalue weighted by molar-refractivity contribution is 7.89. The monoisotopic (exact) mass is 585 g/mol. The molecule has 4 rings (SSSR count). The summed E-state index contributed by atoms with van der Waals surface area (Å²) in [5, 5.41) is 14.9. The highest BCUT2D eigenvalue weighted by atomic mass is 32.2. The third-order valence-corrected chi connectivity index (χ3v) is 7.43. The van der Waals surface area contributed by atoms with Gasteiger partial charge >= 0.3 is 12.2 Å². The van der Waals surface area contributed by atoms with Crippen LogP contribution in [0.3, 0.4) is 0 Å². The van der Waals surface area contributed by atoms with Gasteiger partial charge in [0.15, 0.2) is 5.69 Å². The third-order valence-electron chi connectivity index (χ3n) is 5.68. The Morgan fingerprint density at radius 1 is 0.927 bits per heavy atom. The summed E-state index contributed by atoms with van der Waals surface area (Å²) in [5.41, 5.74) is -0.331. The van der Waals surface area contributed by atoms with Crippen LogP contribution in [0.5, 0.6) is 0 Å². The summed E-state index contributed by atoms with van der Waals surface area (Å²) >= 11 is 0. The first kappa shape index (κ1) is 29.4. The van der Waals surface area contributed by atoms with E-state index in [0.717, 1.165) is 12.3 Å². The number of sulfonamides is 1. The zero-order valence-corrected chi connectivity index (χ0v) is 22.7. The zero-order chi connectivity index (χ0) is 30.2. The van der Waals surface area contributed by atoms with Crippen LogP contribution in [0.2, 0.25) is 0 Å². The maximum Gasteiger partial charge on any atom is 0.435 e. The molecule has 0 unspecified atom stereocenters. The van der Waals surface area contributed by atoms with E-state index in [1.807, 2.05) is 6.07 Å². The van der Waals surface area contributed by atoms with Crippen molar-refractivity contribution < 1.29 is 30.8 Å². The first-order valence-electron chi connectivity index (χ1n) is 12.0. The SMILES string of the molecule is CC(C)(C)NS(=O)(=O)c1ccc(-c2ccc(-c3ccc(C#N)cc3)c(NC(=O)n3ccc(C(F)(F)F)n3)c2)c(F)c1. The Labute approximate surface area is 233 Å². The number of hydrogen-bond acceptors (Lipinski definition) is 5. The van der Waals surface area contributed by atoms with Crippen molar-refractivity contribution in [3.8, 4) is 28.3 Å². The Balaban J connectivity index is 1.76. The molecule has 0 radical (unpaired) electrons. The first-order chi connectivity index (χ1) is 19.1. The quantitative estimate of drug-likeness (QED) is 0.263. The molecule has 212 valence electrons. The van der Waals surface area contributed by atoms with Crippen LogP contribution in [0.15, 0.2) is 77.8 Å². The summed E-state index contributed by atoms with van der Waals surface area (Å²) in [4.78, 5) is 12.6. The lowest BCUT2D eigenvalue weighted by Crippen LogP contribution is -2.40. The fourth-order valence-corrected chi connectivity index (χ4v) is 5.34. The highest BCUT2D eigenvalue weighted by Crippen LogP contribution is 2.35. The molecule has 1 amide bonds. The van der Waals surface area contributed by atoms with E-state index in [0.29, 0.717) is 27.4 Å². The molecule has 1 heterocycles. The molecule has 3 aromatic carbocycles. The standard InChI is InChI=1S/C28H23F4N5O3S/c1-27(2,3)36-41(39,40)20-9-11-21(23(29)15-20)19-8-10-22(18-6-4-17(16-33)5-7-18)24(14-19)34-26(38)37-13-12-25(35-37)28(30,31)32/h4-15,36H,1-3H3,(H,34,38). The fraction of sp³-hybridized carbons (Fsp3) is 0.179. The van der Waals surface area contributed by atoms with Gasteiger partial charge in [-0.15, -0.1) is 0 Å². The van der Waals surface area contributed by atoms with Crippen LogP contribution in [-0.2, 0) is 16.2 Å². The number of hydrogen-bond donors (Lipinski definition) is 2. The van der Waals surface area contributed by atoms with Crippen molar-refractivity contribution in [3.05, 3.63) is 90.0 Å². The van der Waals surface area contributed by atoms with Crippen LogP contribution in [-0.4, -0.2) is 29.8 Å². The van der Waals surface area contributed by atoms with Gasteiger partial charge in [0, 0.05) is 22.9 Å². The van der Waals surface area contributed by atoms with Crippen molar-refractivity contribution in [2.24, 2.45) is 0 Å². The van der Waals surface area contributed by atoms with Gasteiger partial charge in [-0.1, -0.05) is 30.3 Å². The summed E-state index contributed by atoms with van der Waals surface area (Å²) < 4.78 is 82.5. The van der Waals surface area contributed by atoms with Gasteiger partial charge in [-0.05, 0) is 68.3 Å². The van der Waals surface area contributed by atoms with Crippen LogP contribution < -0.4 is 10.0 Å². The van der Waals surface area contributed by atoms with Gasteiger partial charge in [-0.3, -0.25) is 0 Å². The number of aromatic nitrogens is 2. The molecule has 41 heavy (non-hydrogen) atoms. The van der Waals surface area contributed by atoms with Crippen molar-refractivity contribution in [1.29, 1.82) is 5.26 Å². The van der Waals surface area contributed by atoms with Gasteiger partial charge < -0.3 is 5.32 Å². The van der Waals surface area contributed by atoms with E-state index in [9.17, 15) is 26.4 Å². The summed E-state index contributed by atoms with van der Waals surface area (Å²) in [6, 6.07) is 15.8. The predicted octanol–water partition coefficient (Wildman–Crippen LogP) is 6.40. The number of alkyl halides is 3. The Bertz CT molecular complexity index is 1770. The minimum absolute atomic E-state index is 0.0139. The number of nitrogens with one attached hydrogen (secondary N) is 2. The molecule has 8 nitrogen and oxygen atoms in total. The van der Waals surface area contributed by atoms with E-state index >= 15 is 4.39 Å². The average Bonchev–Trinajstić information content (AvgIpc) is 3.39. The molecule has 0 aliphatic rings. The fourth-order valence-electron chi connectivity index (χ4n) is 3.91. The Morgan fingerprint density at radius 3 is 2.12 bits per heavy atom. The summed E-state index contributed by atoms with van der Waals surface area (Å²) in [6.45, 7) is 4.94. The number of carbonyl (C=O) groups is 1. The van der Waals surface area contributed by atoms with Crippen LogP contribution in [0.4, 0.5) is 28.0 Å². The van der Waals surface area contributed by atoms with Crippen molar-refractivity contribution in [1.82, 2.24) is 14.5 Å². The van der Waals surface area contributed by atoms with E-state index in [2.05, 4.69) is 15.1 Å². The van der Waals surface area contributed by atoms with E-state index in [4.69, 9.17) is 5.26 Å². The van der Waals surface area contributed by atoms with Crippen molar-refractivity contribution in [2.45, 2.75) is 37.4 Å². The second-order valence-corrected chi connectivity index (χ2v) is 11.7. The lowest BCUT2D eigenvalue weighted by Gasteiger charge is -2.20. The maximum atomic E-state index is 15.2. The Hall–Kier alpha value is -4.54. The van der Waals surface area contributed by atoms with Crippen LogP contribution in [0.1, 0.15) is 32.0 Å². The number of rotatable bonds is 5. The number of nitriles is 1. The number of halogens is 4. The minimum Gasteiger partial charge on any atom is -0.305 e. The molecule has 13 heteroatoms. The number of benzene rings is 3. The van der Waals surface area contributed by atoms with Gasteiger partial charge in [0.1, 0.15) is 5.82 Å². The molecule has 0 atom stereocenters. The largest absolute Gasteiger partial charge is 0.435 e. The van der Waals surface area contributed by atoms with Crippen molar-refractivity contribution in [2.75, 3.05) is 5.32 Å². The summed E-state index contributed by atoms with van der Waals surface area (Å²) in [7, 11) is -4.01. The van der Waals surface area contributed by atoms with Gasteiger partial charge in [0.05, 0.1) is 22.2 Å². The topological polar surface area (TPSA) is 117 Å². The van der Waals surface area contributed by atoms with Crippen molar-refractivity contribution >= 4 is 21.7 Å². The number of anilines is 1. The number of carbonyl (C=O) groups excluding carboxylic acids is 1. The molecule has 0 saturated heterocycles. The molecule has 0 aliphatic heterocycles. The Kier molecular flexibility index (Phi) is 7.75. The molecule has 1 aromatic heterocycles. The lowest BCUT2D eigenvalue weighted by atomic mass is 9.97. The smallest absolute Gasteiger partial charge is 0.305 e. The first-order valence-corrected chi connectivity index (χ1v) is 13.5. The molecular weight excluding hydrogens is 562 g/mol. The molecule has 0 fully saturated rings. The van der Waals surface area contributed by atoms with Crippen LogP contribution >= 0.6 is 0 Å². The third kappa shape index (κ3) is 6.79. The van der Waals surface area contributed by atoms with Crippen LogP contribution in [0, 0.1) is 17.1 Å². The van der Waals surface area contributed by atoms with E-state index in [1.165, 1.54) is 18.2 Å². The van der Waals surface area contributed by atoms with Crippen LogP contribution in [0.25, 0.3) is 22.3 Å². The lowest BCUT2D eigenvalue weighted by molar-refractivity contribution is -0.141. The number of nitrogens with zero attached hydrogens (tertiary/aromatic N) is 3. The molecule has 0 bridgehead atoms. The molecule has 0 saturated carbocycles. The van der Waals surface area contributed by atoms with Gasteiger partial charge in [0.25, 0.3) is 0 Å². The molecule has 4 aromatic rings. The molecule has 0 aliphatic carbocycles. The summed E-state index contributed by atoms with van der Waals surface area (Å²) in [5.74, 6) is -0.855. The van der Waals surface area contributed by atoms with Crippen molar-refractivity contribution in [3.63, 3.8) is 0 Å². The molecule has 2 N–H and O–H groups in total. The average molecular weight is 586 g/mol. The molecule has 0 spiro atoms. The predicted molar refractivity (Wildman–Crippen MR) is 144 cm³/mol. The number of amides is 1. The van der Waals surface area contributed by atoms with E-state index in [1.54, 1.807) is 57.2 Å². The molecular formula is C28H23F4N5O3S. The maximum absolute atomic E-state index is 15.2. The highest BCUT2D eigenvalue weighted by Gasteiger charge is 2.34. The second kappa shape index (κ2) is 10.8. The summed E-state index contributed by atoms with van der Waals surface area (Å²) in [6.07, 6.45) is -3.90. The second-order valence-electron chi connectivity index (χ2n) is 10.0. The van der Waals surface area contributed by atoms with Gasteiger partial charge in [0.2, 0.25) is 10.0 Å². The van der Waals surface area contributed by atoms with E-state index in [-0.39, 0.29) is 21.7 Å².